The number of hydrogen-bond donors (Lipinski definition) is 0. The number of non-ortho nitro benzene ring substituents is 1. The fourth-order valence-corrected chi connectivity index (χ4v) is 3.98. The summed E-state index contributed by atoms with van der Waals surface area (Å²) in [5, 5.41) is 10.7. The number of nitro groups is 1. The van der Waals surface area contributed by atoms with Crippen LogP contribution in [-0.2, 0) is 9.16 Å². The highest BCUT2D eigenvalue weighted by atomic mass is 28.4. The zero-order valence-electron chi connectivity index (χ0n) is 16.0. The minimum Gasteiger partial charge on any atom is -0.428 e. The Bertz CT molecular complexity index is 653. The Kier molecular flexibility index (Phi) is 6.08. The second-order valence-corrected chi connectivity index (χ2v) is 12.9. The molecular weight excluding hydrogens is 354 g/mol. The predicted octanol–water partition coefficient (Wildman–Crippen LogP) is 5.05. The van der Waals surface area contributed by atoms with Crippen LogP contribution in [0.15, 0.2) is 24.3 Å². The van der Waals surface area contributed by atoms with E-state index in [-0.39, 0.29) is 28.7 Å². The van der Waals surface area contributed by atoms with Gasteiger partial charge in [-0.3, -0.25) is 10.1 Å². The summed E-state index contributed by atoms with van der Waals surface area (Å²) in [6.45, 7) is 10.9. The van der Waals surface area contributed by atoms with Crippen LogP contribution in [0.2, 0.25) is 18.1 Å². The maximum atomic E-state index is 12.1. The first-order valence-corrected chi connectivity index (χ1v) is 11.7. The van der Waals surface area contributed by atoms with Gasteiger partial charge in [0.1, 0.15) is 11.9 Å². The summed E-state index contributed by atoms with van der Waals surface area (Å²) in [6.07, 6.45) is 1.30. The molecule has 0 radical (unpaired) electrons. The monoisotopic (exact) mass is 381 g/mol. The number of benzene rings is 1. The van der Waals surface area contributed by atoms with Crippen molar-refractivity contribution in [1.29, 1.82) is 0 Å². The molecule has 144 valence electrons. The van der Waals surface area contributed by atoms with Gasteiger partial charge in [-0.15, -0.1) is 0 Å². The van der Waals surface area contributed by atoms with Crippen LogP contribution < -0.4 is 4.74 Å². The molecule has 1 saturated carbocycles. The van der Waals surface area contributed by atoms with E-state index in [1.54, 1.807) is 0 Å². The van der Waals surface area contributed by atoms with E-state index in [9.17, 15) is 14.9 Å². The summed E-state index contributed by atoms with van der Waals surface area (Å²) >= 11 is 0. The second kappa shape index (κ2) is 7.75. The molecule has 0 spiro atoms. The second-order valence-electron chi connectivity index (χ2n) is 8.11. The number of hydrogen-bond acceptors (Lipinski definition) is 6. The SMILES string of the molecule is CC(C)(C)[Si](C)(C)O[C@@H]1CCC[C@H]1OC(=O)Oc1ccc([N+](=O)[O-])cc1. The molecule has 26 heavy (non-hydrogen) atoms. The van der Waals surface area contributed by atoms with Crippen LogP contribution in [-0.4, -0.2) is 31.6 Å². The molecule has 0 amide bonds. The van der Waals surface area contributed by atoms with Gasteiger partial charge in [0, 0.05) is 12.1 Å². The zero-order chi connectivity index (χ0) is 19.5. The summed E-state index contributed by atoms with van der Waals surface area (Å²) in [4.78, 5) is 22.2. The quantitative estimate of drug-likeness (QED) is 0.233. The lowest BCUT2D eigenvalue weighted by Gasteiger charge is -2.39. The Balaban J connectivity index is 1.94. The molecule has 0 saturated heterocycles. The summed E-state index contributed by atoms with van der Waals surface area (Å²) in [5.41, 5.74) is -0.0654. The van der Waals surface area contributed by atoms with Gasteiger partial charge < -0.3 is 13.9 Å². The molecule has 0 heterocycles. The van der Waals surface area contributed by atoms with Crippen LogP contribution in [0.3, 0.4) is 0 Å². The fraction of sp³-hybridized carbons (Fsp3) is 0.611. The zero-order valence-corrected chi connectivity index (χ0v) is 17.0. The van der Waals surface area contributed by atoms with E-state index < -0.39 is 19.4 Å². The minimum absolute atomic E-state index is 0.0654. The summed E-state index contributed by atoms with van der Waals surface area (Å²) < 4.78 is 17.0. The van der Waals surface area contributed by atoms with Crippen molar-refractivity contribution in [1.82, 2.24) is 0 Å². The van der Waals surface area contributed by atoms with Crippen LogP contribution >= 0.6 is 0 Å². The lowest BCUT2D eigenvalue weighted by atomic mass is 10.2. The topological polar surface area (TPSA) is 87.9 Å². The molecule has 0 aliphatic heterocycles. The maximum absolute atomic E-state index is 12.1. The fourth-order valence-electron chi connectivity index (χ4n) is 2.60. The normalized spacial score (nSPS) is 20.7. The molecule has 7 nitrogen and oxygen atoms in total. The molecule has 2 atom stereocenters. The molecular formula is C18H27NO6Si. The molecule has 1 aliphatic rings. The highest BCUT2D eigenvalue weighted by Gasteiger charge is 2.43. The van der Waals surface area contributed by atoms with Gasteiger partial charge in [-0.25, -0.2) is 4.79 Å². The smallest absolute Gasteiger partial charge is 0.428 e. The first-order chi connectivity index (χ1) is 12.0. The third-order valence-corrected chi connectivity index (χ3v) is 9.64. The Morgan fingerprint density at radius 1 is 1.15 bits per heavy atom. The third kappa shape index (κ3) is 5.04. The molecule has 2 rings (SSSR count). The summed E-state index contributed by atoms with van der Waals surface area (Å²) in [7, 11) is -1.95. The minimum atomic E-state index is -1.95. The molecule has 1 aliphatic carbocycles. The van der Waals surface area contributed by atoms with E-state index in [1.807, 2.05) is 0 Å². The molecule has 1 fully saturated rings. The number of carbonyl (C=O) groups excluding carboxylic acids is 1. The largest absolute Gasteiger partial charge is 0.514 e. The number of carbonyl (C=O) groups is 1. The van der Waals surface area contributed by atoms with Crippen LogP contribution in [0.4, 0.5) is 10.5 Å². The first kappa shape index (κ1) is 20.4. The number of ether oxygens (including phenoxy) is 2. The standard InChI is InChI=1S/C18H27NO6Si/c1-18(2,3)26(4,5)25-16-8-6-7-15(16)24-17(20)23-14-11-9-13(10-12-14)19(21)22/h9-12,15-16H,6-8H2,1-5H3/t15-,16-/m1/s1. The van der Waals surface area contributed by atoms with Crippen molar-refractivity contribution in [2.75, 3.05) is 0 Å². The van der Waals surface area contributed by atoms with Crippen molar-refractivity contribution < 1.29 is 23.6 Å². The van der Waals surface area contributed by atoms with Crippen molar-refractivity contribution in [3.05, 3.63) is 34.4 Å². The Labute approximate surface area is 154 Å². The van der Waals surface area contributed by atoms with Crippen LogP contribution in [0, 0.1) is 10.1 Å². The van der Waals surface area contributed by atoms with Crippen molar-refractivity contribution >= 4 is 20.2 Å². The summed E-state index contributed by atoms with van der Waals surface area (Å²) in [5.74, 6) is 0.209. The van der Waals surface area contributed by atoms with E-state index in [4.69, 9.17) is 13.9 Å². The average Bonchev–Trinajstić information content (AvgIpc) is 2.92. The van der Waals surface area contributed by atoms with Crippen molar-refractivity contribution in [2.24, 2.45) is 0 Å². The Hall–Kier alpha value is -1.93. The number of rotatable bonds is 5. The number of nitrogens with zero attached hydrogens (tertiary/aromatic N) is 1. The van der Waals surface area contributed by atoms with Gasteiger partial charge in [0.15, 0.2) is 8.32 Å². The van der Waals surface area contributed by atoms with Gasteiger partial charge in [-0.2, -0.15) is 0 Å². The lowest BCUT2D eigenvalue weighted by molar-refractivity contribution is -0.384. The maximum Gasteiger partial charge on any atom is 0.514 e. The number of nitro benzene ring substituents is 1. The first-order valence-electron chi connectivity index (χ1n) is 8.80. The molecule has 1 aromatic rings. The highest BCUT2D eigenvalue weighted by Crippen LogP contribution is 2.40. The van der Waals surface area contributed by atoms with Gasteiger partial charge in [0.2, 0.25) is 0 Å². The van der Waals surface area contributed by atoms with E-state index in [1.165, 1.54) is 24.3 Å². The van der Waals surface area contributed by atoms with E-state index in [2.05, 4.69) is 33.9 Å². The Morgan fingerprint density at radius 2 is 1.73 bits per heavy atom. The highest BCUT2D eigenvalue weighted by molar-refractivity contribution is 6.74. The molecule has 8 heteroatoms. The molecule has 1 aromatic carbocycles. The van der Waals surface area contributed by atoms with Gasteiger partial charge in [0.05, 0.1) is 11.0 Å². The van der Waals surface area contributed by atoms with E-state index in [0.717, 1.165) is 19.3 Å². The van der Waals surface area contributed by atoms with E-state index in [0.29, 0.717) is 0 Å². The van der Waals surface area contributed by atoms with Gasteiger partial charge in [-0.05, 0) is 49.5 Å². The van der Waals surface area contributed by atoms with Crippen molar-refractivity contribution in [2.45, 2.75) is 70.4 Å². The van der Waals surface area contributed by atoms with Crippen LogP contribution in [0.25, 0.3) is 0 Å². The Morgan fingerprint density at radius 3 is 2.27 bits per heavy atom. The van der Waals surface area contributed by atoms with Gasteiger partial charge in [0.25, 0.3) is 5.69 Å². The van der Waals surface area contributed by atoms with Gasteiger partial charge >= 0.3 is 6.16 Å². The lowest BCUT2D eigenvalue weighted by Crippen LogP contribution is -2.46. The molecule has 0 N–H and O–H groups in total. The summed E-state index contributed by atoms with van der Waals surface area (Å²) in [6, 6.07) is 5.30. The van der Waals surface area contributed by atoms with Crippen molar-refractivity contribution in [3.8, 4) is 5.75 Å². The average molecular weight is 382 g/mol. The van der Waals surface area contributed by atoms with Gasteiger partial charge in [-0.1, -0.05) is 20.8 Å². The van der Waals surface area contributed by atoms with Crippen molar-refractivity contribution in [3.63, 3.8) is 0 Å². The van der Waals surface area contributed by atoms with Crippen LogP contribution in [0.5, 0.6) is 5.75 Å². The van der Waals surface area contributed by atoms with Crippen LogP contribution in [0.1, 0.15) is 40.0 Å². The predicted molar refractivity (Wildman–Crippen MR) is 99.9 cm³/mol. The molecule has 0 unspecified atom stereocenters. The molecule has 0 aromatic heterocycles. The van der Waals surface area contributed by atoms with E-state index >= 15 is 0 Å². The molecule has 0 bridgehead atoms. The third-order valence-electron chi connectivity index (χ3n) is 5.14.